The van der Waals surface area contributed by atoms with Gasteiger partial charge < -0.3 is 10.6 Å². The van der Waals surface area contributed by atoms with Crippen molar-refractivity contribution in [2.45, 2.75) is 60.7 Å². The number of halogens is 5. The Hall–Kier alpha value is -2.69. The van der Waals surface area contributed by atoms with Gasteiger partial charge >= 0.3 is 12.2 Å². The maximum Gasteiger partial charge on any atom is 0.416 e. The van der Waals surface area contributed by atoms with E-state index in [0.717, 1.165) is 55.4 Å². The molecule has 0 radical (unpaired) electrons. The summed E-state index contributed by atoms with van der Waals surface area (Å²) in [5, 5.41) is 5.94. The zero-order valence-corrected chi connectivity index (χ0v) is 22.3. The van der Waals surface area contributed by atoms with E-state index in [1.165, 1.54) is 0 Å². The zero-order chi connectivity index (χ0) is 26.5. The molecule has 9 heteroatoms. The molecule has 1 heterocycles. The van der Waals surface area contributed by atoms with E-state index in [1.807, 2.05) is 36.4 Å². The first-order chi connectivity index (χ1) is 17.7. The number of carbonyl (C=O) groups excluding carboxylic acids is 1. The lowest BCUT2D eigenvalue weighted by Crippen LogP contribution is -2.54. The molecule has 2 amide bonds. The van der Waals surface area contributed by atoms with E-state index in [1.54, 1.807) is 12.3 Å². The Morgan fingerprint density at radius 3 is 2.27 bits per heavy atom. The highest BCUT2D eigenvalue weighted by molar-refractivity contribution is 14.1. The summed E-state index contributed by atoms with van der Waals surface area (Å²) in [6.45, 7) is 0. The summed E-state index contributed by atoms with van der Waals surface area (Å²) in [5.74, 6) is -1.04. The Morgan fingerprint density at radius 2 is 1.65 bits per heavy atom. The summed E-state index contributed by atoms with van der Waals surface area (Å²) in [7, 11) is 0. The number of rotatable bonds is 7. The minimum Gasteiger partial charge on any atom is -0.335 e. The number of pyridine rings is 1. The van der Waals surface area contributed by atoms with Gasteiger partial charge in [0.05, 0.1) is 11.3 Å². The van der Waals surface area contributed by atoms with Crippen LogP contribution in [0, 0.1) is 5.82 Å². The van der Waals surface area contributed by atoms with Gasteiger partial charge in [0.15, 0.2) is 0 Å². The highest BCUT2D eigenvalue weighted by Crippen LogP contribution is 2.38. The maximum absolute atomic E-state index is 14.7. The zero-order valence-electron chi connectivity index (χ0n) is 20.1. The van der Waals surface area contributed by atoms with Crippen LogP contribution < -0.4 is 10.6 Å². The standard InChI is InChI=1S/C28H28F4IN3O/c29-23-14-21(13-22(15-23)28(30,31)32)27(16-19-7-3-1-4-8-19,25-12-11-20(17-33)18-34-25)36-26(37)35-24-9-5-2-6-10-24/h1,3-4,7-8,11-15,18,24H,2,5-6,9-10,16-17H2,(H2,35,36,37)/t27-/m0/s1. The molecule has 1 aliphatic rings. The highest BCUT2D eigenvalue weighted by Gasteiger charge is 2.41. The van der Waals surface area contributed by atoms with Gasteiger partial charge in [-0.2, -0.15) is 13.2 Å². The van der Waals surface area contributed by atoms with E-state index < -0.39 is 29.1 Å². The lowest BCUT2D eigenvalue weighted by Gasteiger charge is -2.36. The molecule has 2 N–H and O–H groups in total. The monoisotopic (exact) mass is 625 g/mol. The molecule has 4 rings (SSSR count). The Kier molecular flexibility index (Phi) is 8.71. The van der Waals surface area contributed by atoms with Crippen LogP contribution in [0.1, 0.15) is 60.1 Å². The number of hydrogen-bond acceptors (Lipinski definition) is 2. The molecule has 1 fully saturated rings. The van der Waals surface area contributed by atoms with E-state index in [-0.39, 0.29) is 18.0 Å². The summed E-state index contributed by atoms with van der Waals surface area (Å²) in [6, 6.07) is 14.4. The number of aromatic nitrogens is 1. The molecule has 1 saturated carbocycles. The number of amides is 2. The van der Waals surface area contributed by atoms with Crippen LogP contribution >= 0.6 is 22.6 Å². The third-order valence-electron chi connectivity index (χ3n) is 6.71. The quantitative estimate of drug-likeness (QED) is 0.165. The number of hydrogen-bond donors (Lipinski definition) is 2. The Balaban J connectivity index is 1.87. The second kappa shape index (κ2) is 11.8. The van der Waals surface area contributed by atoms with Crippen molar-refractivity contribution in [2.75, 3.05) is 0 Å². The number of alkyl halides is 4. The normalized spacial score (nSPS) is 16.1. The first-order valence-corrected chi connectivity index (χ1v) is 13.7. The minimum atomic E-state index is -4.77. The van der Waals surface area contributed by atoms with Gasteiger partial charge in [0.2, 0.25) is 0 Å². The first-order valence-electron chi connectivity index (χ1n) is 12.2. The molecule has 2 aromatic carbocycles. The molecule has 0 spiro atoms. The van der Waals surface area contributed by atoms with E-state index in [4.69, 9.17) is 0 Å². The fourth-order valence-corrected chi connectivity index (χ4v) is 5.29. The van der Waals surface area contributed by atoms with Crippen LogP contribution in [0.2, 0.25) is 0 Å². The molecule has 3 aromatic rings. The molecular formula is C28H28F4IN3O. The van der Waals surface area contributed by atoms with Crippen molar-refractivity contribution >= 4 is 28.6 Å². The molecule has 37 heavy (non-hydrogen) atoms. The number of benzene rings is 2. The van der Waals surface area contributed by atoms with Gasteiger partial charge in [0.25, 0.3) is 0 Å². The fraction of sp³-hybridized carbons (Fsp3) is 0.357. The molecule has 1 aliphatic carbocycles. The van der Waals surface area contributed by atoms with Gasteiger partial charge in [0.1, 0.15) is 11.4 Å². The largest absolute Gasteiger partial charge is 0.416 e. The third-order valence-corrected chi connectivity index (χ3v) is 7.59. The lowest BCUT2D eigenvalue weighted by atomic mass is 9.79. The van der Waals surface area contributed by atoms with Crippen LogP contribution in [0.3, 0.4) is 0 Å². The van der Waals surface area contributed by atoms with Crippen molar-refractivity contribution in [3.8, 4) is 0 Å². The SMILES string of the molecule is O=C(NC1CCCCC1)N[C@@](Cc1ccccc1)(c1cc(F)cc(C(F)(F)F)c1)c1ccc(CI)cn1. The van der Waals surface area contributed by atoms with E-state index in [0.29, 0.717) is 16.2 Å². The molecule has 0 aliphatic heterocycles. The molecule has 196 valence electrons. The maximum atomic E-state index is 14.7. The Labute approximate surface area is 227 Å². The number of nitrogens with one attached hydrogen (secondary N) is 2. The molecule has 1 aromatic heterocycles. The van der Waals surface area contributed by atoms with Crippen LogP contribution in [0.25, 0.3) is 0 Å². The van der Waals surface area contributed by atoms with E-state index >= 15 is 0 Å². The number of nitrogens with zero attached hydrogens (tertiary/aromatic N) is 1. The third kappa shape index (κ3) is 6.80. The average Bonchev–Trinajstić information content (AvgIpc) is 2.88. The van der Waals surface area contributed by atoms with Crippen LogP contribution in [-0.4, -0.2) is 17.1 Å². The molecule has 1 atom stereocenters. The van der Waals surface area contributed by atoms with Crippen molar-refractivity contribution < 1.29 is 22.4 Å². The first kappa shape index (κ1) is 27.3. The molecule has 0 unspecified atom stereocenters. The number of urea groups is 1. The Morgan fingerprint density at radius 1 is 0.946 bits per heavy atom. The molecule has 4 nitrogen and oxygen atoms in total. The van der Waals surface area contributed by atoms with Gasteiger partial charge in [-0.15, -0.1) is 0 Å². The van der Waals surface area contributed by atoms with Gasteiger partial charge in [-0.3, -0.25) is 4.98 Å². The summed E-state index contributed by atoms with van der Waals surface area (Å²) in [6.07, 6.45) is 1.71. The summed E-state index contributed by atoms with van der Waals surface area (Å²) in [5.41, 5.74) is -0.734. The topological polar surface area (TPSA) is 54.0 Å². The van der Waals surface area contributed by atoms with Gasteiger partial charge in [-0.25, -0.2) is 9.18 Å². The van der Waals surface area contributed by atoms with Gasteiger partial charge in [0, 0.05) is 23.1 Å². The van der Waals surface area contributed by atoms with E-state index in [9.17, 15) is 22.4 Å². The molecular weight excluding hydrogens is 597 g/mol. The summed E-state index contributed by atoms with van der Waals surface area (Å²) < 4.78 is 56.7. The minimum absolute atomic E-state index is 0.0304. The summed E-state index contributed by atoms with van der Waals surface area (Å²) >= 11 is 2.19. The summed E-state index contributed by atoms with van der Waals surface area (Å²) in [4.78, 5) is 18.0. The van der Waals surface area contributed by atoms with Gasteiger partial charge in [-0.1, -0.05) is 78.3 Å². The number of carbonyl (C=O) groups is 1. The van der Waals surface area contributed by atoms with Crippen molar-refractivity contribution in [1.29, 1.82) is 0 Å². The highest BCUT2D eigenvalue weighted by atomic mass is 127. The van der Waals surface area contributed by atoms with Crippen molar-refractivity contribution in [3.63, 3.8) is 0 Å². The van der Waals surface area contributed by atoms with Crippen LogP contribution in [0.15, 0.2) is 66.9 Å². The van der Waals surface area contributed by atoms with Crippen LogP contribution in [0.5, 0.6) is 0 Å². The smallest absolute Gasteiger partial charge is 0.335 e. The predicted octanol–water partition coefficient (Wildman–Crippen LogP) is 7.29. The second-order valence-electron chi connectivity index (χ2n) is 9.41. The van der Waals surface area contributed by atoms with E-state index in [2.05, 4.69) is 38.2 Å². The second-order valence-corrected chi connectivity index (χ2v) is 10.2. The predicted molar refractivity (Wildman–Crippen MR) is 143 cm³/mol. The van der Waals surface area contributed by atoms with Crippen molar-refractivity contribution in [3.05, 3.63) is 101 Å². The molecule has 0 bridgehead atoms. The van der Waals surface area contributed by atoms with Crippen molar-refractivity contribution in [1.82, 2.24) is 15.6 Å². The van der Waals surface area contributed by atoms with Crippen LogP contribution in [-0.2, 0) is 22.6 Å². The van der Waals surface area contributed by atoms with Crippen LogP contribution in [0.4, 0.5) is 22.4 Å². The lowest BCUT2D eigenvalue weighted by molar-refractivity contribution is -0.137. The van der Waals surface area contributed by atoms with Crippen molar-refractivity contribution in [2.24, 2.45) is 0 Å². The average molecular weight is 625 g/mol. The van der Waals surface area contributed by atoms with Gasteiger partial charge in [-0.05, 0) is 53.8 Å². The Bertz CT molecular complexity index is 1200. The fourth-order valence-electron chi connectivity index (χ4n) is 4.84. The molecule has 0 saturated heterocycles.